The molecule has 1 unspecified atom stereocenters. The van der Waals surface area contributed by atoms with Crippen molar-refractivity contribution in [3.8, 4) is 18.2 Å². The molecule has 0 radical (unpaired) electrons. The fourth-order valence-electron chi connectivity index (χ4n) is 4.07. The Bertz CT molecular complexity index is 897. The van der Waals surface area contributed by atoms with Gasteiger partial charge in [-0.05, 0) is 36.4 Å². The zero-order chi connectivity index (χ0) is 18.9. The number of hydrogen-bond donors (Lipinski definition) is 1. The summed E-state index contributed by atoms with van der Waals surface area (Å²) in [4.78, 5) is 2.02. The fraction of sp³-hybridized carbons (Fsp3) is 0.350. The molecule has 2 N–H and O–H groups in total. The molecule has 1 aromatic rings. The van der Waals surface area contributed by atoms with E-state index in [-0.39, 0.29) is 17.1 Å². The van der Waals surface area contributed by atoms with Crippen LogP contribution in [0.4, 0.5) is 4.39 Å². The van der Waals surface area contributed by atoms with E-state index in [2.05, 4.69) is 6.07 Å². The average molecular weight is 347 g/mol. The van der Waals surface area contributed by atoms with Crippen molar-refractivity contribution < 1.29 is 4.39 Å². The summed E-state index contributed by atoms with van der Waals surface area (Å²) in [6, 6.07) is 11.2. The van der Waals surface area contributed by atoms with Crippen molar-refractivity contribution in [2.24, 2.45) is 17.1 Å². The van der Waals surface area contributed by atoms with Crippen molar-refractivity contribution in [2.45, 2.75) is 18.9 Å². The predicted molar refractivity (Wildman–Crippen MR) is 93.3 cm³/mol. The fourth-order valence-corrected chi connectivity index (χ4v) is 4.07. The number of allylic oxidation sites excluding steroid dienone is 1. The first-order valence-electron chi connectivity index (χ1n) is 8.43. The Kier molecular flexibility index (Phi) is 4.51. The summed E-state index contributed by atoms with van der Waals surface area (Å²) in [5, 5.41) is 29.5. The molecule has 1 aliphatic carbocycles. The molecule has 0 aromatic heterocycles. The highest BCUT2D eigenvalue weighted by atomic mass is 19.1. The molecule has 0 saturated carbocycles. The molecule has 130 valence electrons. The minimum atomic E-state index is -1.72. The maximum absolute atomic E-state index is 14.7. The predicted octanol–water partition coefficient (Wildman–Crippen LogP) is 2.57. The third kappa shape index (κ3) is 2.37. The molecule has 0 amide bonds. The molecule has 2 aliphatic rings. The molecule has 3 rings (SSSR count). The Morgan fingerprint density at radius 3 is 2.54 bits per heavy atom. The van der Waals surface area contributed by atoms with Gasteiger partial charge in [-0.25, -0.2) is 4.39 Å². The quantitative estimate of drug-likeness (QED) is 0.886. The van der Waals surface area contributed by atoms with Crippen molar-refractivity contribution in [3.05, 3.63) is 59.1 Å². The van der Waals surface area contributed by atoms with E-state index in [0.29, 0.717) is 12.1 Å². The van der Waals surface area contributed by atoms with Crippen LogP contribution in [-0.2, 0) is 0 Å². The van der Waals surface area contributed by atoms with E-state index < -0.39 is 23.2 Å². The van der Waals surface area contributed by atoms with Gasteiger partial charge >= 0.3 is 0 Å². The normalized spacial score (nSPS) is 26.5. The number of halogens is 1. The van der Waals surface area contributed by atoms with Crippen LogP contribution in [0.15, 0.2) is 47.7 Å². The summed E-state index contributed by atoms with van der Waals surface area (Å²) in [5.41, 5.74) is 5.75. The van der Waals surface area contributed by atoms with E-state index in [1.165, 1.54) is 6.07 Å². The lowest BCUT2D eigenvalue weighted by atomic mass is 9.56. The Labute approximate surface area is 152 Å². The zero-order valence-electron chi connectivity index (χ0n) is 14.4. The number of fused-ring (bicyclic) bond motifs is 1. The molecule has 5 nitrogen and oxygen atoms in total. The van der Waals surface area contributed by atoms with E-state index in [4.69, 9.17) is 5.73 Å². The topological polar surface area (TPSA) is 101 Å². The summed E-state index contributed by atoms with van der Waals surface area (Å²) < 4.78 is 14.7. The van der Waals surface area contributed by atoms with Crippen molar-refractivity contribution in [1.29, 1.82) is 15.8 Å². The minimum Gasteiger partial charge on any atom is -0.377 e. The van der Waals surface area contributed by atoms with Crippen LogP contribution in [0.1, 0.15) is 18.4 Å². The molecule has 1 heterocycles. The van der Waals surface area contributed by atoms with Gasteiger partial charge in [-0.2, -0.15) is 15.8 Å². The maximum Gasteiger partial charge on any atom is 0.171 e. The second kappa shape index (κ2) is 6.64. The number of benzene rings is 1. The van der Waals surface area contributed by atoms with Crippen LogP contribution in [-0.4, -0.2) is 24.0 Å². The van der Waals surface area contributed by atoms with Crippen LogP contribution in [0, 0.1) is 51.1 Å². The standard InChI is InChI=1S/C20H18FN5/c1-2-26-8-7-13-15(9-22)19(25)20(11-23,12-24)18(16(13)10-26)14-5-3-4-6-17(14)21/h3-8,16,18-19H,2,10,25H2,1H3/t16-,18+,19?/m0/s1. The Morgan fingerprint density at radius 1 is 1.27 bits per heavy atom. The van der Waals surface area contributed by atoms with E-state index in [0.717, 1.165) is 6.54 Å². The van der Waals surface area contributed by atoms with Gasteiger partial charge in [0, 0.05) is 24.9 Å². The van der Waals surface area contributed by atoms with Gasteiger partial charge in [0.2, 0.25) is 0 Å². The van der Waals surface area contributed by atoms with E-state index in [1.54, 1.807) is 18.2 Å². The van der Waals surface area contributed by atoms with Gasteiger partial charge in [-0.15, -0.1) is 0 Å². The van der Waals surface area contributed by atoms with Crippen molar-refractivity contribution in [3.63, 3.8) is 0 Å². The first-order valence-corrected chi connectivity index (χ1v) is 8.43. The van der Waals surface area contributed by atoms with Gasteiger partial charge in [0.25, 0.3) is 0 Å². The van der Waals surface area contributed by atoms with Crippen LogP contribution < -0.4 is 5.73 Å². The lowest BCUT2D eigenvalue weighted by Gasteiger charge is -2.47. The summed E-state index contributed by atoms with van der Waals surface area (Å²) in [5.74, 6) is -1.61. The minimum absolute atomic E-state index is 0.234. The summed E-state index contributed by atoms with van der Waals surface area (Å²) >= 11 is 0. The highest BCUT2D eigenvalue weighted by Crippen LogP contribution is 2.53. The molecule has 0 bridgehead atoms. The molecular weight excluding hydrogens is 329 g/mol. The Morgan fingerprint density at radius 2 is 1.96 bits per heavy atom. The largest absolute Gasteiger partial charge is 0.377 e. The SMILES string of the molecule is CCN1C=CC2=C(C#N)C(N)C(C#N)(C#N)[C@H](c3ccccc3F)[C@H]2C1. The number of nitrogens with two attached hydrogens (primary N) is 1. The molecule has 1 aliphatic heterocycles. The number of nitrogens with zero attached hydrogens (tertiary/aromatic N) is 4. The highest BCUT2D eigenvalue weighted by molar-refractivity contribution is 5.53. The molecule has 6 heteroatoms. The van der Waals surface area contributed by atoms with E-state index >= 15 is 0 Å². The highest BCUT2D eigenvalue weighted by Gasteiger charge is 2.56. The van der Waals surface area contributed by atoms with Gasteiger partial charge in [0.05, 0.1) is 29.8 Å². The van der Waals surface area contributed by atoms with Crippen molar-refractivity contribution >= 4 is 0 Å². The zero-order valence-corrected chi connectivity index (χ0v) is 14.4. The molecule has 0 saturated heterocycles. The van der Waals surface area contributed by atoms with Gasteiger partial charge in [0.1, 0.15) is 5.82 Å². The van der Waals surface area contributed by atoms with Crippen LogP contribution in [0.3, 0.4) is 0 Å². The van der Waals surface area contributed by atoms with Gasteiger partial charge in [0.15, 0.2) is 5.41 Å². The van der Waals surface area contributed by atoms with Gasteiger partial charge < -0.3 is 10.6 Å². The van der Waals surface area contributed by atoms with E-state index in [1.807, 2.05) is 36.2 Å². The van der Waals surface area contributed by atoms with E-state index in [9.17, 15) is 20.2 Å². The average Bonchev–Trinajstić information content (AvgIpc) is 2.67. The number of nitriles is 3. The van der Waals surface area contributed by atoms with Gasteiger partial charge in [-0.3, -0.25) is 0 Å². The van der Waals surface area contributed by atoms with Crippen LogP contribution in [0.25, 0.3) is 0 Å². The lowest BCUT2D eigenvalue weighted by Crippen LogP contribution is -2.54. The van der Waals surface area contributed by atoms with Crippen LogP contribution in [0.5, 0.6) is 0 Å². The maximum atomic E-state index is 14.7. The Hall–Kier alpha value is -3.14. The van der Waals surface area contributed by atoms with Gasteiger partial charge in [-0.1, -0.05) is 18.2 Å². The Balaban J connectivity index is 2.33. The molecule has 3 atom stereocenters. The first kappa shape index (κ1) is 17.7. The second-order valence-corrected chi connectivity index (χ2v) is 6.56. The summed E-state index contributed by atoms with van der Waals surface area (Å²) in [6.07, 6.45) is 3.68. The number of rotatable bonds is 2. The second-order valence-electron chi connectivity index (χ2n) is 6.56. The summed E-state index contributed by atoms with van der Waals surface area (Å²) in [6.45, 7) is 3.20. The van der Waals surface area contributed by atoms with Crippen molar-refractivity contribution in [1.82, 2.24) is 4.90 Å². The molecule has 0 spiro atoms. The third-order valence-electron chi connectivity index (χ3n) is 5.44. The smallest absolute Gasteiger partial charge is 0.171 e. The molecular formula is C20H18FN5. The molecule has 0 fully saturated rings. The summed E-state index contributed by atoms with van der Waals surface area (Å²) in [7, 11) is 0. The third-order valence-corrected chi connectivity index (χ3v) is 5.44. The number of hydrogen-bond acceptors (Lipinski definition) is 5. The van der Waals surface area contributed by atoms with Crippen LogP contribution >= 0.6 is 0 Å². The first-order chi connectivity index (χ1) is 12.5. The van der Waals surface area contributed by atoms with Crippen molar-refractivity contribution in [2.75, 3.05) is 13.1 Å². The molecule has 26 heavy (non-hydrogen) atoms. The van der Waals surface area contributed by atoms with Crippen LogP contribution in [0.2, 0.25) is 0 Å². The lowest BCUT2D eigenvalue weighted by molar-refractivity contribution is 0.215. The monoisotopic (exact) mass is 347 g/mol. The molecule has 1 aromatic carbocycles.